The van der Waals surface area contributed by atoms with E-state index in [-0.39, 0.29) is 24.0 Å². The molecule has 3 rings (SSSR count). The van der Waals surface area contributed by atoms with Gasteiger partial charge < -0.3 is 19.5 Å². The molecule has 2 fully saturated rings. The molecule has 1 atom stereocenters. The summed E-state index contributed by atoms with van der Waals surface area (Å²) < 4.78 is 11.0. The first-order valence-electron chi connectivity index (χ1n) is 10.5. The fraction of sp³-hybridized carbons (Fsp3) is 0.800. The van der Waals surface area contributed by atoms with Gasteiger partial charge in [-0.2, -0.15) is 0 Å². The average molecular weight is 505 g/mol. The first-order chi connectivity index (χ1) is 13.3. The van der Waals surface area contributed by atoms with Crippen molar-refractivity contribution in [2.45, 2.75) is 51.7 Å². The zero-order chi connectivity index (χ0) is 18.9. The highest BCUT2D eigenvalue weighted by molar-refractivity contribution is 14.0. The van der Waals surface area contributed by atoms with Gasteiger partial charge in [-0.1, -0.05) is 18.0 Å². The molecule has 0 amide bonds. The molecule has 1 unspecified atom stereocenters. The Morgan fingerprint density at radius 1 is 1.32 bits per heavy atom. The maximum absolute atomic E-state index is 6.04. The minimum absolute atomic E-state index is 0. The fourth-order valence-electron chi connectivity index (χ4n) is 4.32. The Morgan fingerprint density at radius 2 is 2.07 bits per heavy atom. The Bertz CT molecular complexity index is 555. The number of halogens is 1. The van der Waals surface area contributed by atoms with Crippen LogP contribution >= 0.6 is 24.0 Å². The van der Waals surface area contributed by atoms with Crippen LogP contribution in [0, 0.1) is 5.92 Å². The highest BCUT2D eigenvalue weighted by Crippen LogP contribution is 2.30. The number of aromatic nitrogens is 1. The van der Waals surface area contributed by atoms with Gasteiger partial charge in [0.05, 0.1) is 11.8 Å². The summed E-state index contributed by atoms with van der Waals surface area (Å²) in [6, 6.07) is 1.94. The zero-order valence-electron chi connectivity index (χ0n) is 17.3. The van der Waals surface area contributed by atoms with Gasteiger partial charge in [0.15, 0.2) is 5.96 Å². The van der Waals surface area contributed by atoms with E-state index >= 15 is 0 Å². The maximum Gasteiger partial charge on any atom is 0.193 e. The number of nitrogens with zero attached hydrogens (tertiary/aromatic N) is 4. The van der Waals surface area contributed by atoms with Gasteiger partial charge in [-0.3, -0.25) is 9.89 Å². The van der Waals surface area contributed by atoms with E-state index < -0.39 is 0 Å². The van der Waals surface area contributed by atoms with Gasteiger partial charge in [0, 0.05) is 59.0 Å². The molecule has 1 saturated carbocycles. The van der Waals surface area contributed by atoms with Crippen molar-refractivity contribution in [2.75, 3.05) is 46.4 Å². The summed E-state index contributed by atoms with van der Waals surface area (Å²) in [6.45, 7) is 8.68. The van der Waals surface area contributed by atoms with Crippen LogP contribution in [-0.4, -0.2) is 73.4 Å². The summed E-state index contributed by atoms with van der Waals surface area (Å²) in [4.78, 5) is 9.26. The third-order valence-electron chi connectivity index (χ3n) is 5.78. The molecule has 1 aliphatic heterocycles. The van der Waals surface area contributed by atoms with Crippen molar-refractivity contribution in [1.29, 1.82) is 0 Å². The second kappa shape index (κ2) is 12.6. The molecule has 1 N–H and O–H groups in total. The Hall–Kier alpha value is -0.870. The number of guanidine groups is 1. The second-order valence-corrected chi connectivity index (χ2v) is 7.55. The van der Waals surface area contributed by atoms with Gasteiger partial charge in [0.2, 0.25) is 0 Å². The molecule has 2 aliphatic rings. The van der Waals surface area contributed by atoms with Crippen molar-refractivity contribution in [1.82, 2.24) is 20.3 Å². The van der Waals surface area contributed by atoms with Crippen LogP contribution in [0.2, 0.25) is 0 Å². The number of hydrogen-bond acceptors (Lipinski definition) is 5. The van der Waals surface area contributed by atoms with Crippen LogP contribution in [0.5, 0.6) is 0 Å². The molecule has 0 spiro atoms. The van der Waals surface area contributed by atoms with Gasteiger partial charge >= 0.3 is 0 Å². The number of hydrogen-bond donors (Lipinski definition) is 1. The van der Waals surface area contributed by atoms with Gasteiger partial charge in [0.25, 0.3) is 0 Å². The minimum atomic E-state index is 0. The van der Waals surface area contributed by atoms with E-state index in [9.17, 15) is 0 Å². The lowest BCUT2D eigenvalue weighted by Crippen LogP contribution is -2.52. The van der Waals surface area contributed by atoms with Gasteiger partial charge in [-0.25, -0.2) is 0 Å². The van der Waals surface area contributed by atoms with E-state index in [0.717, 1.165) is 69.9 Å². The van der Waals surface area contributed by atoms with Crippen LogP contribution in [0.3, 0.4) is 0 Å². The topological polar surface area (TPSA) is 66.1 Å². The zero-order valence-corrected chi connectivity index (χ0v) is 19.6. The van der Waals surface area contributed by atoms with Crippen molar-refractivity contribution in [3.63, 3.8) is 0 Å². The molecule has 1 aromatic heterocycles. The summed E-state index contributed by atoms with van der Waals surface area (Å²) in [6.07, 6.45) is 8.47. The summed E-state index contributed by atoms with van der Waals surface area (Å²) in [5.74, 6) is 1.76. The predicted molar refractivity (Wildman–Crippen MR) is 122 cm³/mol. The molecule has 1 saturated heterocycles. The number of piperazine rings is 1. The summed E-state index contributed by atoms with van der Waals surface area (Å²) in [5, 5.41) is 7.57. The van der Waals surface area contributed by atoms with Crippen molar-refractivity contribution in [3.8, 4) is 0 Å². The average Bonchev–Trinajstić information content (AvgIpc) is 3.39. The molecule has 160 valence electrons. The monoisotopic (exact) mass is 505 g/mol. The third kappa shape index (κ3) is 6.88. The van der Waals surface area contributed by atoms with E-state index in [1.807, 2.05) is 13.1 Å². The van der Waals surface area contributed by atoms with Crippen molar-refractivity contribution in [3.05, 3.63) is 18.0 Å². The van der Waals surface area contributed by atoms with Crippen LogP contribution in [0.1, 0.15) is 44.7 Å². The van der Waals surface area contributed by atoms with Gasteiger partial charge in [-0.05, 0) is 32.1 Å². The first kappa shape index (κ1) is 23.4. The number of rotatable bonds is 8. The minimum Gasteiger partial charge on any atom is -0.378 e. The molecule has 7 nitrogen and oxygen atoms in total. The molecular weight excluding hydrogens is 469 g/mol. The van der Waals surface area contributed by atoms with E-state index in [1.54, 1.807) is 6.26 Å². The third-order valence-corrected chi connectivity index (χ3v) is 5.78. The highest BCUT2D eigenvalue weighted by atomic mass is 127. The summed E-state index contributed by atoms with van der Waals surface area (Å²) >= 11 is 0. The lowest BCUT2D eigenvalue weighted by Gasteiger charge is -2.36. The Morgan fingerprint density at radius 3 is 2.68 bits per heavy atom. The Balaban J connectivity index is 0.00000280. The Kier molecular flexibility index (Phi) is 10.6. The molecule has 8 heteroatoms. The molecule has 0 radical (unpaired) electrons. The van der Waals surface area contributed by atoms with Crippen LogP contribution in [0.15, 0.2) is 21.8 Å². The fourth-order valence-corrected chi connectivity index (χ4v) is 4.32. The normalized spacial score (nSPS) is 20.2. The van der Waals surface area contributed by atoms with Crippen LogP contribution < -0.4 is 5.32 Å². The largest absolute Gasteiger partial charge is 0.378 e. The standard InChI is InChI=1S/C20H35N5O2.HI/c1-3-26-19(17-6-4-5-7-17)8-10-22-20(21-2)25-13-11-24(12-14-25)16-18-9-15-27-23-18;/h9,15,17,19H,3-8,10-14,16H2,1-2H3,(H,21,22);1H. The molecule has 28 heavy (non-hydrogen) atoms. The smallest absolute Gasteiger partial charge is 0.193 e. The van der Waals surface area contributed by atoms with E-state index in [2.05, 4.69) is 32.2 Å². The van der Waals surface area contributed by atoms with Crippen LogP contribution in [-0.2, 0) is 11.3 Å². The second-order valence-electron chi connectivity index (χ2n) is 7.55. The van der Waals surface area contributed by atoms with Crippen molar-refractivity contribution in [2.24, 2.45) is 10.9 Å². The lowest BCUT2D eigenvalue weighted by molar-refractivity contribution is 0.0168. The first-order valence-corrected chi connectivity index (χ1v) is 10.5. The molecule has 0 bridgehead atoms. The highest BCUT2D eigenvalue weighted by Gasteiger charge is 2.25. The van der Waals surface area contributed by atoms with Crippen LogP contribution in [0.4, 0.5) is 0 Å². The van der Waals surface area contributed by atoms with Crippen LogP contribution in [0.25, 0.3) is 0 Å². The lowest BCUT2D eigenvalue weighted by atomic mass is 9.98. The van der Waals surface area contributed by atoms with Gasteiger partial charge in [-0.15, -0.1) is 24.0 Å². The predicted octanol–water partition coefficient (Wildman–Crippen LogP) is 2.97. The SMILES string of the molecule is CCOC(CCNC(=NC)N1CCN(Cc2ccon2)CC1)C1CCCC1.I. The molecule has 1 aromatic rings. The van der Waals surface area contributed by atoms with Crippen molar-refractivity contribution >= 4 is 29.9 Å². The maximum atomic E-state index is 6.04. The van der Waals surface area contributed by atoms with Gasteiger partial charge in [0.1, 0.15) is 6.26 Å². The summed E-state index contributed by atoms with van der Waals surface area (Å²) in [7, 11) is 1.88. The van der Waals surface area contributed by atoms with E-state index in [0.29, 0.717) is 6.10 Å². The summed E-state index contributed by atoms with van der Waals surface area (Å²) in [5.41, 5.74) is 1.000. The number of aliphatic imine (C=N–C) groups is 1. The van der Waals surface area contributed by atoms with E-state index in [4.69, 9.17) is 9.26 Å². The molecular formula is C20H36IN5O2. The Labute approximate surface area is 186 Å². The number of ether oxygens (including phenoxy) is 1. The quantitative estimate of drug-likeness (QED) is 0.333. The molecule has 2 heterocycles. The van der Waals surface area contributed by atoms with Crippen molar-refractivity contribution < 1.29 is 9.26 Å². The van der Waals surface area contributed by atoms with E-state index in [1.165, 1.54) is 25.7 Å². The molecule has 0 aromatic carbocycles. The molecule has 1 aliphatic carbocycles. The number of nitrogens with one attached hydrogen (secondary N) is 1.